The van der Waals surface area contributed by atoms with Gasteiger partial charge in [-0.3, -0.25) is 19.2 Å². The highest BCUT2D eigenvalue weighted by Gasteiger charge is 2.25. The molecule has 0 radical (unpaired) electrons. The Morgan fingerprint density at radius 2 is 1.71 bits per heavy atom. The number of benzene rings is 2. The maximum atomic E-state index is 13.9. The summed E-state index contributed by atoms with van der Waals surface area (Å²) >= 11 is 1.47. The largest absolute Gasteiger partial charge is 0.365 e. The predicted molar refractivity (Wildman–Crippen MR) is 190 cm³/mol. The molecule has 49 heavy (non-hydrogen) atoms. The molecule has 0 aliphatic heterocycles. The fourth-order valence-corrected chi connectivity index (χ4v) is 6.50. The Balaban J connectivity index is 1.53. The lowest BCUT2D eigenvalue weighted by Crippen LogP contribution is -2.47. The van der Waals surface area contributed by atoms with Gasteiger partial charge in [0, 0.05) is 69.2 Å². The van der Waals surface area contributed by atoms with E-state index in [1.807, 2.05) is 5.38 Å². The van der Waals surface area contributed by atoms with Crippen molar-refractivity contribution in [1.29, 1.82) is 0 Å². The minimum absolute atomic E-state index is 0.0594. The third kappa shape index (κ3) is 11.5. The van der Waals surface area contributed by atoms with Gasteiger partial charge in [-0.1, -0.05) is 19.1 Å². The lowest BCUT2D eigenvalue weighted by atomic mass is 10.0. The van der Waals surface area contributed by atoms with E-state index >= 15 is 0 Å². The topological polar surface area (TPSA) is 145 Å². The number of carbonyl (C=O) groups is 2. The van der Waals surface area contributed by atoms with Crippen LogP contribution >= 0.6 is 11.3 Å². The number of nitrogens with zero attached hydrogens (tertiary/aromatic N) is 3. The van der Waals surface area contributed by atoms with E-state index < -0.39 is 33.9 Å². The Kier molecular flexibility index (Phi) is 14.1. The number of hydrogen-bond acceptors (Lipinski definition) is 9. The molecule has 4 N–H and O–H groups in total. The summed E-state index contributed by atoms with van der Waals surface area (Å²) in [7, 11) is 0.215. The number of ether oxygens (including phenoxy) is 1. The molecule has 1 heterocycles. The molecule has 1 aromatic heterocycles. The first-order valence-corrected chi connectivity index (χ1v) is 18.8. The van der Waals surface area contributed by atoms with Crippen molar-refractivity contribution < 1.29 is 27.1 Å². The second-order valence-corrected chi connectivity index (χ2v) is 15.4. The molecule has 4 rings (SSSR count). The van der Waals surface area contributed by atoms with Crippen molar-refractivity contribution in [2.75, 3.05) is 51.9 Å². The first-order valence-electron chi connectivity index (χ1n) is 16.4. The number of nitrogens with one attached hydrogen (secondary N) is 4. The monoisotopic (exact) mass is 717 g/mol. The van der Waals surface area contributed by atoms with Crippen molar-refractivity contribution in [2.45, 2.75) is 57.7 Å². The molecule has 1 saturated carbocycles. The first-order chi connectivity index (χ1) is 23.4. The Morgan fingerprint density at radius 3 is 2.31 bits per heavy atom. The van der Waals surface area contributed by atoms with Gasteiger partial charge in [0.05, 0.1) is 36.3 Å². The van der Waals surface area contributed by atoms with Crippen LogP contribution in [0.15, 0.2) is 53.4 Å². The summed E-state index contributed by atoms with van der Waals surface area (Å²) in [6.45, 7) is 6.22. The number of anilines is 1. The Bertz CT molecular complexity index is 1620. The zero-order valence-electron chi connectivity index (χ0n) is 28.7. The van der Waals surface area contributed by atoms with Crippen molar-refractivity contribution in [1.82, 2.24) is 30.6 Å². The Labute approximate surface area is 293 Å². The molecule has 0 unspecified atom stereocenters. The summed E-state index contributed by atoms with van der Waals surface area (Å²) in [4.78, 5) is 31.8. The molecule has 15 heteroatoms. The van der Waals surface area contributed by atoms with Crippen LogP contribution in [0.25, 0.3) is 0 Å². The molecular formula is C34H48FN7O5S2. The quantitative estimate of drug-likeness (QED) is 0.102. The highest BCUT2D eigenvalue weighted by molar-refractivity contribution is 7.90. The van der Waals surface area contributed by atoms with Gasteiger partial charge in [0.2, 0.25) is 0 Å². The molecule has 0 spiro atoms. The average molecular weight is 718 g/mol. The van der Waals surface area contributed by atoms with Gasteiger partial charge in [0.15, 0.2) is 0 Å². The van der Waals surface area contributed by atoms with Crippen LogP contribution in [0, 0.1) is 11.7 Å². The van der Waals surface area contributed by atoms with Crippen LogP contribution in [0.3, 0.4) is 0 Å². The normalized spacial score (nSPS) is 15.1. The van der Waals surface area contributed by atoms with Crippen molar-refractivity contribution in [3.8, 4) is 0 Å². The van der Waals surface area contributed by atoms with E-state index in [1.54, 1.807) is 24.6 Å². The number of amides is 2. The lowest BCUT2D eigenvalue weighted by Gasteiger charge is -2.25. The van der Waals surface area contributed by atoms with Gasteiger partial charge < -0.3 is 20.7 Å². The van der Waals surface area contributed by atoms with Crippen LogP contribution in [-0.2, 0) is 21.4 Å². The zero-order valence-corrected chi connectivity index (χ0v) is 30.4. The van der Waals surface area contributed by atoms with Gasteiger partial charge in [-0.15, -0.1) is 11.3 Å². The third-order valence-electron chi connectivity index (χ3n) is 8.40. The number of thiazole rings is 1. The Hall–Kier alpha value is -3.47. The van der Waals surface area contributed by atoms with Crippen molar-refractivity contribution in [3.63, 3.8) is 0 Å². The van der Waals surface area contributed by atoms with E-state index in [0.717, 1.165) is 33.2 Å². The van der Waals surface area contributed by atoms with Gasteiger partial charge in [-0.25, -0.2) is 9.37 Å². The number of aromatic nitrogens is 1. The molecule has 3 aromatic rings. The highest BCUT2D eigenvalue weighted by atomic mass is 32.2. The maximum absolute atomic E-state index is 13.9. The minimum atomic E-state index is -3.94. The summed E-state index contributed by atoms with van der Waals surface area (Å²) in [5.41, 5.74) is 3.57. The van der Waals surface area contributed by atoms with Crippen LogP contribution < -0.4 is 25.6 Å². The van der Waals surface area contributed by atoms with Crippen molar-refractivity contribution in [2.24, 2.45) is 5.92 Å². The molecule has 1 fully saturated rings. The second-order valence-electron chi connectivity index (χ2n) is 12.6. The summed E-state index contributed by atoms with van der Waals surface area (Å²) in [6, 6.07) is 9.26. The minimum Gasteiger partial charge on any atom is -0.365 e. The summed E-state index contributed by atoms with van der Waals surface area (Å²) in [5.74, 6) is -0.628. The average Bonchev–Trinajstić information content (AvgIpc) is 3.77. The molecule has 0 bridgehead atoms. The molecule has 1 aliphatic rings. The number of rotatable bonds is 20. The lowest BCUT2D eigenvalue weighted by molar-refractivity contribution is 0.0901. The van der Waals surface area contributed by atoms with Gasteiger partial charge in [0.1, 0.15) is 5.82 Å². The number of carbonyl (C=O) groups excluding carboxylic acids is 2. The molecule has 1 aliphatic carbocycles. The highest BCUT2D eigenvalue weighted by Crippen LogP contribution is 2.27. The van der Waals surface area contributed by atoms with Crippen LogP contribution in [0.5, 0.6) is 0 Å². The van der Waals surface area contributed by atoms with E-state index in [-0.39, 0.29) is 28.9 Å². The van der Waals surface area contributed by atoms with Gasteiger partial charge in [-0.05, 0) is 68.0 Å². The van der Waals surface area contributed by atoms with E-state index in [1.165, 1.54) is 75.7 Å². The maximum Gasteiger partial charge on any atom is 0.303 e. The van der Waals surface area contributed by atoms with E-state index in [9.17, 15) is 22.4 Å². The molecule has 12 nitrogen and oxygen atoms in total. The van der Waals surface area contributed by atoms with Crippen LogP contribution in [-0.4, -0.2) is 89.2 Å². The fourth-order valence-electron chi connectivity index (χ4n) is 5.07. The van der Waals surface area contributed by atoms with Crippen LogP contribution in [0.1, 0.15) is 71.1 Å². The standard InChI is InChI=1S/C34H48FN7O5S2/c1-6-29(19-47-21-36-17-24-7-8-24)37-18-30(16-31-20-48-22-38-31)40-34(44)27-13-26(14-32(15-27)42(5)49(45,46)41(3)4)33(43)39-23(2)25-9-11-28(35)12-10-25/h9-15,20,22-24,29-30,36-37H,6-8,16-19,21H2,1-5H3,(H,39,43)(H,40,44)/t23-,29+,30+/m1/s1. The molecule has 3 atom stereocenters. The zero-order chi connectivity index (χ0) is 35.6. The number of halogens is 1. The number of hydrogen-bond donors (Lipinski definition) is 4. The van der Waals surface area contributed by atoms with Crippen LogP contribution in [0.4, 0.5) is 10.1 Å². The van der Waals surface area contributed by atoms with Crippen LogP contribution in [0.2, 0.25) is 0 Å². The van der Waals surface area contributed by atoms with E-state index in [4.69, 9.17) is 4.74 Å². The van der Waals surface area contributed by atoms with Gasteiger partial charge in [-0.2, -0.15) is 12.7 Å². The molecule has 2 aromatic carbocycles. The van der Waals surface area contributed by atoms with Gasteiger partial charge in [0.25, 0.3) is 11.8 Å². The summed E-state index contributed by atoms with van der Waals surface area (Å²) in [6.07, 6.45) is 3.84. The first kappa shape index (κ1) is 38.3. The molecular weight excluding hydrogens is 670 g/mol. The SMILES string of the molecule is CC[C@@H](COCNCC1CC1)NC[C@H](Cc1cscn1)NC(=O)c1cc(C(=O)N[C@H](C)c2ccc(F)cc2)cc(N(C)S(=O)(=O)N(C)C)c1. The van der Waals surface area contributed by atoms with E-state index in [0.29, 0.717) is 31.9 Å². The fraction of sp³-hybridized carbons (Fsp3) is 0.500. The Morgan fingerprint density at radius 1 is 1.04 bits per heavy atom. The van der Waals surface area contributed by atoms with Crippen molar-refractivity contribution in [3.05, 3.63) is 81.6 Å². The smallest absolute Gasteiger partial charge is 0.303 e. The third-order valence-corrected chi connectivity index (χ3v) is 10.9. The summed E-state index contributed by atoms with van der Waals surface area (Å²) in [5, 5.41) is 14.7. The van der Waals surface area contributed by atoms with Gasteiger partial charge >= 0.3 is 10.2 Å². The van der Waals surface area contributed by atoms with E-state index in [2.05, 4.69) is 33.2 Å². The predicted octanol–water partition coefficient (Wildman–Crippen LogP) is 3.70. The molecule has 0 saturated heterocycles. The molecule has 2 amide bonds. The van der Waals surface area contributed by atoms with Crippen molar-refractivity contribution >= 4 is 39.0 Å². The summed E-state index contributed by atoms with van der Waals surface area (Å²) < 4.78 is 47.5. The molecule has 268 valence electrons. The second kappa shape index (κ2) is 18.0.